The molecule has 1 aliphatic heterocycles. The standard InChI is InChI=1S/C14H14F3N3OS/c15-9-6-8(7-10(16)11(9)17)12(21)13-18-19-14(22-13)20-4-2-1-3-5-20/h6-7,12,21H,1-5H2. The lowest BCUT2D eigenvalue weighted by Crippen LogP contribution is -2.29. The van der Waals surface area contributed by atoms with Gasteiger partial charge in [-0.15, -0.1) is 10.2 Å². The Morgan fingerprint density at radius 1 is 1.05 bits per heavy atom. The number of aliphatic hydroxyl groups excluding tert-OH is 1. The molecule has 1 aromatic carbocycles. The fourth-order valence-electron chi connectivity index (χ4n) is 2.43. The van der Waals surface area contributed by atoms with Crippen LogP contribution in [0.15, 0.2) is 12.1 Å². The summed E-state index contributed by atoms with van der Waals surface area (Å²) in [5, 5.41) is 19.0. The normalized spacial score (nSPS) is 16.8. The molecule has 0 bridgehead atoms. The van der Waals surface area contributed by atoms with Crippen molar-refractivity contribution in [3.63, 3.8) is 0 Å². The molecule has 8 heteroatoms. The van der Waals surface area contributed by atoms with Crippen LogP contribution in [0.5, 0.6) is 0 Å². The van der Waals surface area contributed by atoms with Gasteiger partial charge < -0.3 is 10.0 Å². The summed E-state index contributed by atoms with van der Waals surface area (Å²) < 4.78 is 39.5. The minimum absolute atomic E-state index is 0.0854. The number of hydrogen-bond acceptors (Lipinski definition) is 5. The molecule has 1 unspecified atom stereocenters. The summed E-state index contributed by atoms with van der Waals surface area (Å²) >= 11 is 1.17. The van der Waals surface area contributed by atoms with E-state index in [2.05, 4.69) is 15.1 Å². The van der Waals surface area contributed by atoms with E-state index in [1.807, 2.05) is 0 Å². The quantitative estimate of drug-likeness (QED) is 0.880. The molecule has 1 saturated heterocycles. The topological polar surface area (TPSA) is 49.3 Å². The molecule has 0 radical (unpaired) electrons. The summed E-state index contributed by atoms with van der Waals surface area (Å²) in [6.07, 6.45) is 2.00. The molecule has 0 amide bonds. The van der Waals surface area contributed by atoms with Crippen LogP contribution in [0.2, 0.25) is 0 Å². The second-order valence-electron chi connectivity index (χ2n) is 5.17. The molecule has 118 valence electrons. The number of hydrogen-bond donors (Lipinski definition) is 1. The van der Waals surface area contributed by atoms with E-state index >= 15 is 0 Å². The van der Waals surface area contributed by atoms with E-state index in [4.69, 9.17) is 0 Å². The zero-order chi connectivity index (χ0) is 15.7. The highest BCUT2D eigenvalue weighted by atomic mass is 32.1. The molecule has 2 heterocycles. The van der Waals surface area contributed by atoms with Crippen molar-refractivity contribution in [2.45, 2.75) is 25.4 Å². The van der Waals surface area contributed by atoms with Gasteiger partial charge >= 0.3 is 0 Å². The highest BCUT2D eigenvalue weighted by molar-refractivity contribution is 7.15. The zero-order valence-electron chi connectivity index (χ0n) is 11.6. The summed E-state index contributed by atoms with van der Waals surface area (Å²) in [7, 11) is 0. The van der Waals surface area contributed by atoms with Crippen LogP contribution in [0, 0.1) is 17.5 Å². The maximum atomic E-state index is 13.2. The lowest BCUT2D eigenvalue weighted by Gasteiger charge is -2.25. The molecule has 0 saturated carbocycles. The van der Waals surface area contributed by atoms with E-state index < -0.39 is 23.6 Å². The van der Waals surface area contributed by atoms with Gasteiger partial charge in [0, 0.05) is 13.1 Å². The van der Waals surface area contributed by atoms with Crippen LogP contribution in [-0.4, -0.2) is 28.4 Å². The van der Waals surface area contributed by atoms with Crippen molar-refractivity contribution < 1.29 is 18.3 Å². The fourth-order valence-corrected chi connectivity index (χ4v) is 3.34. The Balaban J connectivity index is 1.83. The largest absolute Gasteiger partial charge is 0.381 e. The van der Waals surface area contributed by atoms with Crippen molar-refractivity contribution in [1.29, 1.82) is 0 Å². The summed E-state index contributed by atoms with van der Waals surface area (Å²) in [5.41, 5.74) is -0.0854. The first-order valence-electron chi connectivity index (χ1n) is 6.97. The first-order valence-corrected chi connectivity index (χ1v) is 7.79. The lowest BCUT2D eigenvalue weighted by atomic mass is 10.1. The number of aromatic nitrogens is 2. The number of rotatable bonds is 3. The highest BCUT2D eigenvalue weighted by Crippen LogP contribution is 2.31. The van der Waals surface area contributed by atoms with E-state index in [1.54, 1.807) is 0 Å². The minimum Gasteiger partial charge on any atom is -0.381 e. The van der Waals surface area contributed by atoms with Crippen LogP contribution in [0.3, 0.4) is 0 Å². The molecule has 1 atom stereocenters. The molecule has 2 aromatic rings. The van der Waals surface area contributed by atoms with Gasteiger partial charge in [-0.05, 0) is 37.0 Å². The second-order valence-corrected chi connectivity index (χ2v) is 6.16. The Labute approximate surface area is 129 Å². The Kier molecular flexibility index (Phi) is 4.30. The predicted molar refractivity (Wildman–Crippen MR) is 76.4 cm³/mol. The van der Waals surface area contributed by atoms with Crippen molar-refractivity contribution in [2.24, 2.45) is 0 Å². The van der Waals surface area contributed by atoms with Crippen LogP contribution in [-0.2, 0) is 0 Å². The van der Waals surface area contributed by atoms with Crippen LogP contribution >= 0.6 is 11.3 Å². The summed E-state index contributed by atoms with van der Waals surface area (Å²) in [5.74, 6) is -4.23. The van der Waals surface area contributed by atoms with Crippen molar-refractivity contribution in [3.8, 4) is 0 Å². The fraction of sp³-hybridized carbons (Fsp3) is 0.429. The number of anilines is 1. The van der Waals surface area contributed by atoms with E-state index in [-0.39, 0.29) is 10.6 Å². The van der Waals surface area contributed by atoms with Crippen molar-refractivity contribution >= 4 is 16.5 Å². The Bertz CT molecular complexity index is 650. The average Bonchev–Trinajstić information content (AvgIpc) is 3.02. The van der Waals surface area contributed by atoms with Crippen LogP contribution < -0.4 is 4.90 Å². The van der Waals surface area contributed by atoms with Gasteiger partial charge in [-0.2, -0.15) is 0 Å². The number of nitrogens with zero attached hydrogens (tertiary/aromatic N) is 3. The predicted octanol–water partition coefficient (Wildman–Crippen LogP) is 3.03. The molecular formula is C14H14F3N3OS. The maximum Gasteiger partial charge on any atom is 0.208 e. The third-order valence-corrected chi connectivity index (χ3v) is 4.65. The van der Waals surface area contributed by atoms with E-state index in [0.717, 1.165) is 38.1 Å². The van der Waals surface area contributed by atoms with E-state index in [0.29, 0.717) is 5.13 Å². The number of aliphatic hydroxyl groups is 1. The third-order valence-electron chi connectivity index (χ3n) is 3.61. The first kappa shape index (κ1) is 15.2. The van der Waals surface area contributed by atoms with Gasteiger partial charge in [0.15, 0.2) is 22.5 Å². The van der Waals surface area contributed by atoms with Crippen molar-refractivity contribution in [1.82, 2.24) is 10.2 Å². The Hall–Kier alpha value is -1.67. The smallest absolute Gasteiger partial charge is 0.208 e. The number of benzene rings is 1. The molecule has 1 aliphatic rings. The number of piperidine rings is 1. The molecule has 1 fully saturated rings. The molecule has 1 N–H and O–H groups in total. The highest BCUT2D eigenvalue weighted by Gasteiger charge is 2.22. The molecular weight excluding hydrogens is 315 g/mol. The van der Waals surface area contributed by atoms with Gasteiger partial charge in [0.05, 0.1) is 0 Å². The van der Waals surface area contributed by atoms with Gasteiger partial charge in [-0.25, -0.2) is 13.2 Å². The van der Waals surface area contributed by atoms with E-state index in [1.165, 1.54) is 17.8 Å². The SMILES string of the molecule is OC(c1cc(F)c(F)c(F)c1)c1nnc(N2CCCCC2)s1. The van der Waals surface area contributed by atoms with Crippen molar-refractivity contribution in [2.75, 3.05) is 18.0 Å². The molecule has 4 nitrogen and oxygen atoms in total. The first-order chi connectivity index (χ1) is 10.6. The Morgan fingerprint density at radius 3 is 2.32 bits per heavy atom. The Morgan fingerprint density at radius 2 is 1.68 bits per heavy atom. The average molecular weight is 329 g/mol. The second kappa shape index (κ2) is 6.21. The monoisotopic (exact) mass is 329 g/mol. The minimum atomic E-state index is -1.55. The molecule has 0 spiro atoms. The lowest BCUT2D eigenvalue weighted by molar-refractivity contribution is 0.217. The van der Waals surface area contributed by atoms with Gasteiger partial charge in [-0.3, -0.25) is 0 Å². The van der Waals surface area contributed by atoms with Gasteiger partial charge in [0.2, 0.25) is 5.13 Å². The molecule has 1 aromatic heterocycles. The third kappa shape index (κ3) is 2.93. The van der Waals surface area contributed by atoms with Crippen molar-refractivity contribution in [3.05, 3.63) is 40.2 Å². The maximum absolute atomic E-state index is 13.2. The van der Waals surface area contributed by atoms with Gasteiger partial charge in [-0.1, -0.05) is 11.3 Å². The summed E-state index contributed by atoms with van der Waals surface area (Å²) in [4.78, 5) is 2.07. The van der Waals surface area contributed by atoms with Crippen LogP contribution in [0.4, 0.5) is 18.3 Å². The van der Waals surface area contributed by atoms with Crippen LogP contribution in [0.25, 0.3) is 0 Å². The number of halogens is 3. The summed E-state index contributed by atoms with van der Waals surface area (Å²) in [6, 6.07) is 1.54. The van der Waals surface area contributed by atoms with Gasteiger partial charge in [0.1, 0.15) is 6.10 Å². The molecule has 22 heavy (non-hydrogen) atoms. The van der Waals surface area contributed by atoms with Crippen LogP contribution in [0.1, 0.15) is 35.9 Å². The zero-order valence-corrected chi connectivity index (χ0v) is 12.4. The summed E-state index contributed by atoms with van der Waals surface area (Å²) in [6.45, 7) is 1.76. The molecule has 3 rings (SSSR count). The van der Waals surface area contributed by atoms with E-state index in [9.17, 15) is 18.3 Å². The molecule has 0 aliphatic carbocycles. The van der Waals surface area contributed by atoms with Gasteiger partial charge in [0.25, 0.3) is 0 Å².